The van der Waals surface area contributed by atoms with E-state index in [-0.39, 0.29) is 11.0 Å². The Kier molecular flexibility index (Phi) is 1.92. The van der Waals surface area contributed by atoms with Crippen molar-refractivity contribution < 1.29 is 0 Å². The fraction of sp³-hybridized carbons (Fsp3) is 0.250. The highest BCUT2D eigenvalue weighted by atomic mass is 16.1. The number of aromatic nitrogens is 1. The number of pyridine rings is 1. The second-order valence-corrected chi connectivity index (χ2v) is 4.18. The molecule has 72 valence electrons. The zero-order valence-corrected chi connectivity index (χ0v) is 8.37. The van der Waals surface area contributed by atoms with Crippen LogP contribution in [0.5, 0.6) is 0 Å². The lowest BCUT2D eigenvalue weighted by Gasteiger charge is -2.11. The van der Waals surface area contributed by atoms with Crippen LogP contribution in [-0.2, 0) is 0 Å². The maximum Gasteiger partial charge on any atom is 0.248 e. The van der Waals surface area contributed by atoms with Crippen LogP contribution in [0.3, 0.4) is 0 Å². The van der Waals surface area contributed by atoms with Gasteiger partial charge in [-0.2, -0.15) is 0 Å². The molecule has 0 aromatic carbocycles. The first-order chi connectivity index (χ1) is 6.57. The van der Waals surface area contributed by atoms with Crippen molar-refractivity contribution in [3.8, 4) is 0 Å². The molecule has 2 nitrogen and oxygen atoms in total. The third kappa shape index (κ3) is 1.69. The number of allylic oxidation sites excluding steroid dienone is 2. The van der Waals surface area contributed by atoms with Gasteiger partial charge in [-0.15, -0.1) is 0 Å². The Labute approximate surface area is 83.0 Å². The van der Waals surface area contributed by atoms with Crippen LogP contribution in [0.25, 0.3) is 12.2 Å². The van der Waals surface area contributed by atoms with E-state index in [1.807, 2.05) is 18.2 Å². The molecule has 14 heavy (non-hydrogen) atoms. The highest BCUT2D eigenvalue weighted by molar-refractivity contribution is 5.65. The van der Waals surface area contributed by atoms with Gasteiger partial charge in [0.05, 0.1) is 0 Å². The van der Waals surface area contributed by atoms with Gasteiger partial charge in [0.2, 0.25) is 5.56 Å². The van der Waals surface area contributed by atoms with Crippen molar-refractivity contribution in [1.29, 1.82) is 0 Å². The molecule has 1 aliphatic rings. The van der Waals surface area contributed by atoms with Gasteiger partial charge in [0.1, 0.15) is 0 Å². The van der Waals surface area contributed by atoms with Gasteiger partial charge in [-0.1, -0.05) is 32.1 Å². The van der Waals surface area contributed by atoms with E-state index in [0.717, 1.165) is 11.3 Å². The van der Waals surface area contributed by atoms with E-state index < -0.39 is 0 Å². The molecule has 0 saturated carbocycles. The molecular formula is C12H13NO. The maximum atomic E-state index is 11.1. The number of nitrogens with one attached hydrogen (secondary N) is 1. The Bertz CT molecular complexity index is 463. The highest BCUT2D eigenvalue weighted by Crippen LogP contribution is 2.25. The van der Waals surface area contributed by atoms with Crippen LogP contribution in [0.2, 0.25) is 0 Å². The molecule has 1 aromatic heterocycles. The zero-order valence-electron chi connectivity index (χ0n) is 8.37. The number of rotatable bonds is 0. The Hall–Kier alpha value is -1.57. The van der Waals surface area contributed by atoms with Gasteiger partial charge >= 0.3 is 0 Å². The van der Waals surface area contributed by atoms with Crippen molar-refractivity contribution in [2.75, 3.05) is 0 Å². The fourth-order valence-corrected chi connectivity index (χ4v) is 1.44. The average molecular weight is 187 g/mol. The minimum absolute atomic E-state index is 0.0515. The van der Waals surface area contributed by atoms with Crippen molar-refractivity contribution in [1.82, 2.24) is 4.98 Å². The SMILES string of the molecule is CC1(C)C=Cc2ccc(=O)[nH]c2C=C1. The molecule has 1 heterocycles. The summed E-state index contributed by atoms with van der Waals surface area (Å²) in [7, 11) is 0. The lowest BCUT2D eigenvalue weighted by Crippen LogP contribution is -2.05. The molecule has 1 aliphatic carbocycles. The molecular weight excluding hydrogens is 174 g/mol. The Balaban J connectivity index is 2.60. The van der Waals surface area contributed by atoms with Crippen LogP contribution in [0, 0.1) is 5.41 Å². The molecule has 0 aliphatic heterocycles. The number of aromatic amines is 1. The van der Waals surface area contributed by atoms with Gasteiger partial charge in [0.25, 0.3) is 0 Å². The average Bonchev–Trinajstić information content (AvgIpc) is 2.26. The summed E-state index contributed by atoms with van der Waals surface area (Å²) in [5.41, 5.74) is 1.95. The monoisotopic (exact) mass is 187 g/mol. The van der Waals surface area contributed by atoms with Crippen molar-refractivity contribution in [3.05, 3.63) is 45.9 Å². The molecule has 0 atom stereocenters. The topological polar surface area (TPSA) is 32.9 Å². The summed E-state index contributed by atoms with van der Waals surface area (Å²) >= 11 is 0. The lowest BCUT2D eigenvalue weighted by molar-refractivity contribution is 0.633. The quantitative estimate of drug-likeness (QED) is 0.664. The summed E-state index contributed by atoms with van der Waals surface area (Å²) in [6.07, 6.45) is 8.24. The lowest BCUT2D eigenvalue weighted by atomic mass is 9.93. The van der Waals surface area contributed by atoms with E-state index in [4.69, 9.17) is 0 Å². The van der Waals surface area contributed by atoms with Gasteiger partial charge in [-0.05, 0) is 17.7 Å². The summed E-state index contributed by atoms with van der Waals surface area (Å²) in [5.74, 6) is 0. The second kappa shape index (κ2) is 2.98. The third-order valence-electron chi connectivity index (χ3n) is 2.36. The van der Waals surface area contributed by atoms with Crippen LogP contribution in [0.1, 0.15) is 25.1 Å². The smallest absolute Gasteiger partial charge is 0.248 e. The van der Waals surface area contributed by atoms with Crippen LogP contribution < -0.4 is 5.56 Å². The van der Waals surface area contributed by atoms with Gasteiger partial charge in [0, 0.05) is 17.2 Å². The van der Waals surface area contributed by atoms with Crippen LogP contribution in [0.4, 0.5) is 0 Å². The predicted molar refractivity (Wildman–Crippen MR) is 58.9 cm³/mol. The number of hydrogen-bond donors (Lipinski definition) is 1. The van der Waals surface area contributed by atoms with E-state index in [2.05, 4.69) is 31.0 Å². The first-order valence-electron chi connectivity index (χ1n) is 4.69. The molecule has 1 aromatic rings. The minimum Gasteiger partial charge on any atom is -0.322 e. The number of hydrogen-bond acceptors (Lipinski definition) is 1. The molecule has 0 unspecified atom stereocenters. The molecule has 2 heteroatoms. The minimum atomic E-state index is -0.0542. The highest BCUT2D eigenvalue weighted by Gasteiger charge is 2.12. The van der Waals surface area contributed by atoms with Gasteiger partial charge in [-0.3, -0.25) is 4.79 Å². The van der Waals surface area contributed by atoms with Crippen LogP contribution >= 0.6 is 0 Å². The standard InChI is InChI=1S/C12H13NO/c1-12(2)7-5-9-3-4-11(14)13-10(9)6-8-12/h3-8H,1-2H3,(H,13,14). The Morgan fingerprint density at radius 1 is 1.14 bits per heavy atom. The molecule has 0 saturated heterocycles. The molecule has 0 bridgehead atoms. The van der Waals surface area contributed by atoms with E-state index in [9.17, 15) is 4.79 Å². The second-order valence-electron chi connectivity index (χ2n) is 4.18. The first-order valence-corrected chi connectivity index (χ1v) is 4.69. The van der Waals surface area contributed by atoms with Gasteiger partial charge in [0.15, 0.2) is 0 Å². The third-order valence-corrected chi connectivity index (χ3v) is 2.36. The van der Waals surface area contributed by atoms with Crippen molar-refractivity contribution in [2.45, 2.75) is 13.8 Å². The van der Waals surface area contributed by atoms with Gasteiger partial charge < -0.3 is 4.98 Å². The summed E-state index contributed by atoms with van der Waals surface area (Å²) in [5, 5.41) is 0. The number of fused-ring (bicyclic) bond motifs is 1. The Morgan fingerprint density at radius 2 is 1.86 bits per heavy atom. The van der Waals surface area contributed by atoms with E-state index in [1.54, 1.807) is 6.07 Å². The fourth-order valence-electron chi connectivity index (χ4n) is 1.44. The zero-order chi connectivity index (χ0) is 10.2. The number of H-pyrrole nitrogens is 1. The van der Waals surface area contributed by atoms with Gasteiger partial charge in [-0.25, -0.2) is 0 Å². The molecule has 1 N–H and O–H groups in total. The van der Waals surface area contributed by atoms with E-state index >= 15 is 0 Å². The molecule has 0 fully saturated rings. The van der Waals surface area contributed by atoms with E-state index in [1.165, 1.54) is 0 Å². The maximum absolute atomic E-state index is 11.1. The molecule has 0 amide bonds. The normalized spacial score (nSPS) is 17.6. The summed E-state index contributed by atoms with van der Waals surface area (Å²) in [6, 6.07) is 3.39. The summed E-state index contributed by atoms with van der Waals surface area (Å²) in [4.78, 5) is 13.9. The van der Waals surface area contributed by atoms with Crippen LogP contribution in [-0.4, -0.2) is 4.98 Å². The summed E-state index contributed by atoms with van der Waals surface area (Å²) < 4.78 is 0. The Morgan fingerprint density at radius 3 is 2.64 bits per heavy atom. The van der Waals surface area contributed by atoms with Crippen LogP contribution in [0.15, 0.2) is 29.1 Å². The molecule has 0 spiro atoms. The largest absolute Gasteiger partial charge is 0.322 e. The first kappa shape index (κ1) is 9.00. The van der Waals surface area contributed by atoms with Crippen molar-refractivity contribution in [3.63, 3.8) is 0 Å². The van der Waals surface area contributed by atoms with Crippen molar-refractivity contribution in [2.24, 2.45) is 5.41 Å². The predicted octanol–water partition coefficient (Wildman–Crippen LogP) is 2.44. The molecule has 0 radical (unpaired) electrons. The summed E-state index contributed by atoms with van der Waals surface area (Å²) in [6.45, 7) is 4.26. The van der Waals surface area contributed by atoms with E-state index in [0.29, 0.717) is 0 Å². The molecule has 2 rings (SSSR count). The van der Waals surface area contributed by atoms with Crippen molar-refractivity contribution >= 4 is 12.2 Å².